The summed E-state index contributed by atoms with van der Waals surface area (Å²) in [5.41, 5.74) is 2.79. The van der Waals surface area contributed by atoms with E-state index in [-0.39, 0.29) is 5.91 Å². The summed E-state index contributed by atoms with van der Waals surface area (Å²) in [5, 5.41) is 0. The zero-order chi connectivity index (χ0) is 20.8. The smallest absolute Gasteiger partial charge is 0.257 e. The first-order chi connectivity index (χ1) is 14.1. The molecule has 156 valence electrons. The van der Waals surface area contributed by atoms with Crippen LogP contribution in [0.25, 0.3) is 0 Å². The number of aromatic nitrogens is 2. The third kappa shape index (κ3) is 4.60. The van der Waals surface area contributed by atoms with Gasteiger partial charge in [-0.2, -0.15) is 0 Å². The van der Waals surface area contributed by atoms with Crippen LogP contribution in [0, 0.1) is 0 Å². The Labute approximate surface area is 172 Å². The Balaban J connectivity index is 1.74. The van der Waals surface area contributed by atoms with Crippen LogP contribution in [0.5, 0.6) is 11.5 Å². The Hall–Kier alpha value is -2.83. The third-order valence-electron chi connectivity index (χ3n) is 5.16. The van der Waals surface area contributed by atoms with Crippen LogP contribution in [-0.2, 0) is 13.0 Å². The largest absolute Gasteiger partial charge is 0.493 e. The number of amides is 1. The van der Waals surface area contributed by atoms with Gasteiger partial charge in [0.25, 0.3) is 5.91 Å². The minimum atomic E-state index is -0.0467. The predicted octanol–water partition coefficient (Wildman–Crippen LogP) is 3.32. The number of carbonyl (C=O) groups is 1. The van der Waals surface area contributed by atoms with E-state index in [1.807, 2.05) is 17.0 Å². The summed E-state index contributed by atoms with van der Waals surface area (Å²) in [6, 6.07) is 3.96. The molecule has 0 aliphatic carbocycles. The number of benzene rings is 1. The molecule has 1 aliphatic rings. The summed E-state index contributed by atoms with van der Waals surface area (Å²) in [6.45, 7) is 7.29. The van der Waals surface area contributed by atoms with E-state index in [0.29, 0.717) is 30.4 Å². The van der Waals surface area contributed by atoms with Gasteiger partial charge in [0.05, 0.1) is 19.8 Å². The number of rotatable bonds is 8. The number of carbonyl (C=O) groups excluding carboxylic acids is 1. The summed E-state index contributed by atoms with van der Waals surface area (Å²) in [6.07, 6.45) is 6.14. The van der Waals surface area contributed by atoms with Gasteiger partial charge >= 0.3 is 0 Å². The van der Waals surface area contributed by atoms with Crippen molar-refractivity contribution in [3.63, 3.8) is 0 Å². The molecule has 2 aromatic rings. The van der Waals surface area contributed by atoms with Crippen LogP contribution in [0.4, 0.5) is 5.95 Å². The van der Waals surface area contributed by atoms with Gasteiger partial charge in [-0.15, -0.1) is 0 Å². The molecule has 0 bridgehead atoms. The summed E-state index contributed by atoms with van der Waals surface area (Å²) >= 11 is 0. The molecule has 29 heavy (non-hydrogen) atoms. The number of anilines is 1. The van der Waals surface area contributed by atoms with Crippen LogP contribution in [0.3, 0.4) is 0 Å². The molecule has 0 saturated carbocycles. The van der Waals surface area contributed by atoms with Crippen molar-refractivity contribution < 1.29 is 14.3 Å². The third-order valence-corrected chi connectivity index (χ3v) is 5.16. The molecule has 0 unspecified atom stereocenters. The maximum atomic E-state index is 13.0. The highest BCUT2D eigenvalue weighted by molar-refractivity contribution is 5.93. The van der Waals surface area contributed by atoms with Gasteiger partial charge in [0.15, 0.2) is 11.5 Å². The van der Waals surface area contributed by atoms with Crippen molar-refractivity contribution in [2.24, 2.45) is 0 Å². The van der Waals surface area contributed by atoms with Gasteiger partial charge in [0.1, 0.15) is 0 Å². The van der Waals surface area contributed by atoms with E-state index in [1.54, 1.807) is 26.6 Å². The Morgan fingerprint density at radius 1 is 1.03 bits per heavy atom. The van der Waals surface area contributed by atoms with Crippen molar-refractivity contribution in [3.05, 3.63) is 41.2 Å². The van der Waals surface area contributed by atoms with Crippen LogP contribution < -0.4 is 14.4 Å². The number of hydrogen-bond acceptors (Lipinski definition) is 6. The maximum absolute atomic E-state index is 13.0. The lowest BCUT2D eigenvalue weighted by atomic mass is 9.98. The summed E-state index contributed by atoms with van der Waals surface area (Å²) in [7, 11) is 3.25. The van der Waals surface area contributed by atoms with Gasteiger partial charge in [0, 0.05) is 38.6 Å². The number of ether oxygens (including phenoxy) is 2. The summed E-state index contributed by atoms with van der Waals surface area (Å²) in [4.78, 5) is 25.9. The number of hydrogen-bond donors (Lipinski definition) is 0. The second-order valence-corrected chi connectivity index (χ2v) is 7.21. The fraction of sp³-hybridized carbons (Fsp3) is 0.500. The standard InChI is InChI=1S/C22H30N4O3/c1-5-8-25(9-6-2)22-23-13-18(14-24-22)21(27)26-10-7-16-11-19(28-3)20(29-4)12-17(16)15-26/h11-14H,5-10,15H2,1-4H3. The van der Waals surface area contributed by atoms with Gasteiger partial charge in [-0.3, -0.25) is 4.79 Å². The van der Waals surface area contributed by atoms with Crippen molar-refractivity contribution in [1.82, 2.24) is 14.9 Å². The van der Waals surface area contributed by atoms with Crippen molar-refractivity contribution in [2.45, 2.75) is 39.7 Å². The van der Waals surface area contributed by atoms with Crippen LogP contribution in [0.1, 0.15) is 48.2 Å². The highest BCUT2D eigenvalue weighted by atomic mass is 16.5. The number of methoxy groups -OCH3 is 2. The molecule has 0 fully saturated rings. The lowest BCUT2D eigenvalue weighted by Gasteiger charge is -2.29. The Kier molecular flexibility index (Phi) is 6.90. The molecular formula is C22H30N4O3. The molecule has 2 heterocycles. The normalized spacial score (nSPS) is 13.0. The first kappa shape index (κ1) is 20.9. The average Bonchev–Trinajstić information content (AvgIpc) is 2.77. The second-order valence-electron chi connectivity index (χ2n) is 7.21. The van der Waals surface area contributed by atoms with Crippen molar-refractivity contribution in [3.8, 4) is 11.5 Å². The fourth-order valence-electron chi connectivity index (χ4n) is 3.69. The van der Waals surface area contributed by atoms with Gasteiger partial charge in [-0.05, 0) is 42.5 Å². The Morgan fingerprint density at radius 3 is 2.17 bits per heavy atom. The van der Waals surface area contributed by atoms with E-state index in [9.17, 15) is 4.79 Å². The second kappa shape index (κ2) is 9.58. The van der Waals surface area contributed by atoms with E-state index < -0.39 is 0 Å². The van der Waals surface area contributed by atoms with Crippen LogP contribution in [0.15, 0.2) is 24.5 Å². The summed E-state index contributed by atoms with van der Waals surface area (Å²) in [5.74, 6) is 2.04. The maximum Gasteiger partial charge on any atom is 0.257 e. The molecule has 1 amide bonds. The zero-order valence-corrected chi connectivity index (χ0v) is 17.8. The van der Waals surface area contributed by atoms with Crippen molar-refractivity contribution >= 4 is 11.9 Å². The van der Waals surface area contributed by atoms with Gasteiger partial charge in [-0.1, -0.05) is 13.8 Å². The topological polar surface area (TPSA) is 67.8 Å². The van der Waals surface area contributed by atoms with Crippen molar-refractivity contribution in [1.29, 1.82) is 0 Å². The molecule has 0 N–H and O–H groups in total. The van der Waals surface area contributed by atoms with Gasteiger partial charge in [-0.25, -0.2) is 9.97 Å². The highest BCUT2D eigenvalue weighted by Gasteiger charge is 2.24. The zero-order valence-electron chi connectivity index (χ0n) is 17.8. The molecule has 1 aliphatic heterocycles. The molecule has 1 aromatic heterocycles. The average molecular weight is 399 g/mol. The highest BCUT2D eigenvalue weighted by Crippen LogP contribution is 2.33. The molecule has 7 heteroatoms. The number of nitrogens with zero attached hydrogens (tertiary/aromatic N) is 4. The molecular weight excluding hydrogens is 368 g/mol. The Morgan fingerprint density at radius 2 is 1.62 bits per heavy atom. The minimum Gasteiger partial charge on any atom is -0.493 e. The quantitative estimate of drug-likeness (QED) is 0.680. The van der Waals surface area contributed by atoms with Gasteiger partial charge in [0.2, 0.25) is 5.95 Å². The Bertz CT molecular complexity index is 833. The van der Waals surface area contributed by atoms with E-state index in [2.05, 4.69) is 28.7 Å². The fourth-order valence-corrected chi connectivity index (χ4v) is 3.69. The molecule has 0 spiro atoms. The molecule has 7 nitrogen and oxygen atoms in total. The summed E-state index contributed by atoms with van der Waals surface area (Å²) < 4.78 is 10.8. The van der Waals surface area contributed by atoms with E-state index in [1.165, 1.54) is 5.56 Å². The van der Waals surface area contributed by atoms with E-state index >= 15 is 0 Å². The monoisotopic (exact) mass is 398 g/mol. The van der Waals surface area contributed by atoms with E-state index in [0.717, 1.165) is 43.7 Å². The lowest BCUT2D eigenvalue weighted by Crippen LogP contribution is -2.36. The molecule has 0 atom stereocenters. The first-order valence-corrected chi connectivity index (χ1v) is 10.2. The molecule has 0 radical (unpaired) electrons. The number of fused-ring (bicyclic) bond motifs is 1. The SMILES string of the molecule is CCCN(CCC)c1ncc(C(=O)N2CCc3cc(OC)c(OC)cc3C2)cn1. The van der Waals surface area contributed by atoms with Crippen LogP contribution in [-0.4, -0.2) is 54.6 Å². The van der Waals surface area contributed by atoms with Crippen molar-refractivity contribution in [2.75, 3.05) is 38.8 Å². The molecule has 3 rings (SSSR count). The lowest BCUT2D eigenvalue weighted by molar-refractivity contribution is 0.0733. The van der Waals surface area contributed by atoms with Crippen LogP contribution >= 0.6 is 0 Å². The predicted molar refractivity (Wildman–Crippen MR) is 113 cm³/mol. The minimum absolute atomic E-state index is 0.0467. The molecule has 1 aromatic carbocycles. The van der Waals surface area contributed by atoms with Gasteiger partial charge < -0.3 is 19.3 Å². The van der Waals surface area contributed by atoms with E-state index in [4.69, 9.17) is 9.47 Å². The molecule has 0 saturated heterocycles. The van der Waals surface area contributed by atoms with Crippen LogP contribution in [0.2, 0.25) is 0 Å². The first-order valence-electron chi connectivity index (χ1n) is 10.2.